The van der Waals surface area contributed by atoms with Crippen molar-refractivity contribution in [1.29, 1.82) is 0 Å². The predicted molar refractivity (Wildman–Crippen MR) is 72.8 cm³/mol. The minimum atomic E-state index is -0.168. The molecule has 1 aromatic heterocycles. The predicted octanol–water partition coefficient (Wildman–Crippen LogP) is 2.63. The van der Waals surface area contributed by atoms with Gasteiger partial charge >= 0.3 is 0 Å². The second kappa shape index (κ2) is 5.23. The zero-order chi connectivity index (χ0) is 12.4. The van der Waals surface area contributed by atoms with Gasteiger partial charge in [-0.1, -0.05) is 34.1 Å². The third kappa shape index (κ3) is 3.33. The van der Waals surface area contributed by atoms with Crippen LogP contribution in [-0.4, -0.2) is 16.3 Å². The molecule has 1 N–H and O–H groups in total. The Morgan fingerprint density at radius 3 is 3.00 bits per heavy atom. The van der Waals surface area contributed by atoms with Gasteiger partial charge in [-0.2, -0.15) is 5.10 Å². The summed E-state index contributed by atoms with van der Waals surface area (Å²) in [5, 5.41) is 7.35. The molecule has 1 aromatic rings. The van der Waals surface area contributed by atoms with Crippen molar-refractivity contribution in [2.45, 2.75) is 19.4 Å². The van der Waals surface area contributed by atoms with Crippen molar-refractivity contribution >= 4 is 33.2 Å². The van der Waals surface area contributed by atoms with E-state index in [4.69, 9.17) is 11.6 Å². The number of hydrogen-bond donors (Lipinski definition) is 1. The highest BCUT2D eigenvalue weighted by Gasteiger charge is 2.23. The highest BCUT2D eigenvalue weighted by Crippen LogP contribution is 2.30. The van der Waals surface area contributed by atoms with Crippen LogP contribution in [-0.2, 0) is 6.54 Å². The van der Waals surface area contributed by atoms with Gasteiger partial charge in [-0.05, 0) is 18.8 Å². The lowest BCUT2D eigenvalue weighted by Crippen LogP contribution is -2.27. The lowest BCUT2D eigenvalue weighted by molar-refractivity contribution is 0.534. The third-order valence-electron chi connectivity index (χ3n) is 2.58. The van der Waals surface area contributed by atoms with Crippen LogP contribution in [0.4, 0.5) is 5.69 Å². The summed E-state index contributed by atoms with van der Waals surface area (Å²) in [5.74, 6) is 0.598. The molecule has 1 aliphatic carbocycles. The zero-order valence-corrected chi connectivity index (χ0v) is 11.6. The molecule has 0 saturated heterocycles. The minimum absolute atomic E-state index is 0.168. The molecule has 4 nitrogen and oxygen atoms in total. The number of nitrogens with one attached hydrogen (secondary N) is 1. The van der Waals surface area contributed by atoms with Crippen LogP contribution in [0, 0.1) is 5.92 Å². The fourth-order valence-corrected chi connectivity index (χ4v) is 1.82. The van der Waals surface area contributed by atoms with Gasteiger partial charge in [-0.3, -0.25) is 4.79 Å². The maximum atomic E-state index is 12.1. The maximum absolute atomic E-state index is 12.1. The average molecular weight is 319 g/mol. The van der Waals surface area contributed by atoms with Crippen LogP contribution < -0.4 is 10.9 Å². The van der Waals surface area contributed by atoms with E-state index < -0.39 is 0 Å². The lowest BCUT2D eigenvalue weighted by Gasteiger charge is -2.09. The van der Waals surface area contributed by atoms with Gasteiger partial charge in [0.05, 0.1) is 11.2 Å². The summed E-state index contributed by atoms with van der Waals surface area (Å²) in [6, 6.07) is 0. The average Bonchev–Trinajstić information content (AvgIpc) is 3.05. The summed E-state index contributed by atoms with van der Waals surface area (Å²) in [5.41, 5.74) is 0.223. The number of nitrogens with zero attached hydrogens (tertiary/aromatic N) is 2. The van der Waals surface area contributed by atoms with Crippen LogP contribution in [0.3, 0.4) is 0 Å². The first-order valence-electron chi connectivity index (χ1n) is 5.40. The first-order chi connectivity index (χ1) is 8.08. The Balaban J connectivity index is 2.22. The van der Waals surface area contributed by atoms with Gasteiger partial charge in [0, 0.05) is 17.6 Å². The molecule has 6 heteroatoms. The van der Waals surface area contributed by atoms with E-state index in [1.165, 1.54) is 23.7 Å². The molecular formula is C11H13BrClN3O. The molecule has 1 fully saturated rings. The molecule has 1 saturated carbocycles. The quantitative estimate of drug-likeness (QED) is 0.908. The second-order valence-corrected chi connectivity index (χ2v) is 5.70. The Kier molecular flexibility index (Phi) is 3.89. The zero-order valence-electron chi connectivity index (χ0n) is 9.25. The van der Waals surface area contributed by atoms with Gasteiger partial charge in [0.1, 0.15) is 5.69 Å². The van der Waals surface area contributed by atoms with E-state index in [0.717, 1.165) is 4.48 Å². The Labute approximate surface area is 113 Å². The molecule has 0 radical (unpaired) electrons. The molecule has 92 valence electrons. The number of rotatable bonds is 5. The number of aromatic nitrogens is 2. The molecule has 0 aromatic carbocycles. The fraction of sp³-hybridized carbons (Fsp3) is 0.455. The molecule has 17 heavy (non-hydrogen) atoms. The van der Waals surface area contributed by atoms with Crippen molar-refractivity contribution in [3.63, 3.8) is 0 Å². The fourth-order valence-electron chi connectivity index (χ4n) is 1.49. The molecule has 2 rings (SSSR count). The van der Waals surface area contributed by atoms with E-state index in [0.29, 0.717) is 29.7 Å². The van der Waals surface area contributed by atoms with Crippen molar-refractivity contribution in [2.24, 2.45) is 5.92 Å². The smallest absolute Gasteiger partial charge is 0.291 e. The molecule has 0 bridgehead atoms. The molecule has 1 aliphatic rings. The normalized spacial score (nSPS) is 14.7. The van der Waals surface area contributed by atoms with Gasteiger partial charge in [-0.15, -0.1) is 0 Å². The number of anilines is 1. The van der Waals surface area contributed by atoms with Crippen LogP contribution in [0.1, 0.15) is 12.8 Å². The van der Waals surface area contributed by atoms with Crippen molar-refractivity contribution in [1.82, 2.24) is 9.78 Å². The Bertz CT molecular complexity index is 496. The van der Waals surface area contributed by atoms with Gasteiger partial charge in [0.2, 0.25) is 0 Å². The Morgan fingerprint density at radius 2 is 2.41 bits per heavy atom. The highest BCUT2D eigenvalue weighted by molar-refractivity contribution is 9.11. The van der Waals surface area contributed by atoms with Gasteiger partial charge in [0.25, 0.3) is 5.56 Å². The first kappa shape index (κ1) is 12.6. The van der Waals surface area contributed by atoms with Gasteiger partial charge < -0.3 is 5.32 Å². The number of halogens is 2. The summed E-state index contributed by atoms with van der Waals surface area (Å²) in [6.45, 7) is 4.84. The van der Waals surface area contributed by atoms with Crippen LogP contribution in [0.2, 0.25) is 5.02 Å². The number of hydrogen-bond acceptors (Lipinski definition) is 3. The monoisotopic (exact) mass is 317 g/mol. The van der Waals surface area contributed by atoms with E-state index in [9.17, 15) is 4.79 Å². The van der Waals surface area contributed by atoms with Crippen LogP contribution >= 0.6 is 27.5 Å². The standard InChI is InChI=1S/C11H13BrClN3O/c1-7(12)4-14-10-9(13)5-15-16(11(10)17)6-8-2-3-8/h5,8,14H,1-4,6H2. The van der Waals surface area contributed by atoms with E-state index in [2.05, 4.69) is 32.9 Å². The largest absolute Gasteiger partial charge is 0.375 e. The summed E-state index contributed by atoms with van der Waals surface area (Å²) in [6.07, 6.45) is 3.86. The maximum Gasteiger partial charge on any atom is 0.291 e. The molecular weight excluding hydrogens is 305 g/mol. The van der Waals surface area contributed by atoms with Crippen LogP contribution in [0.25, 0.3) is 0 Å². The lowest BCUT2D eigenvalue weighted by atomic mass is 10.4. The van der Waals surface area contributed by atoms with Crippen LogP contribution in [0.15, 0.2) is 22.1 Å². The first-order valence-corrected chi connectivity index (χ1v) is 6.58. The molecule has 0 atom stereocenters. The summed E-state index contributed by atoms with van der Waals surface area (Å²) >= 11 is 9.18. The molecule has 0 amide bonds. The van der Waals surface area contributed by atoms with E-state index in [1.54, 1.807) is 0 Å². The van der Waals surface area contributed by atoms with Crippen molar-refractivity contribution in [3.8, 4) is 0 Å². The van der Waals surface area contributed by atoms with Gasteiger partial charge in [-0.25, -0.2) is 4.68 Å². The van der Waals surface area contributed by atoms with E-state index in [1.807, 2.05) is 0 Å². The van der Waals surface area contributed by atoms with Crippen LogP contribution in [0.5, 0.6) is 0 Å². The van der Waals surface area contributed by atoms with E-state index >= 15 is 0 Å². The topological polar surface area (TPSA) is 46.9 Å². The van der Waals surface area contributed by atoms with Gasteiger partial charge in [0.15, 0.2) is 0 Å². The summed E-state index contributed by atoms with van der Waals surface area (Å²) in [4.78, 5) is 12.1. The van der Waals surface area contributed by atoms with Crippen molar-refractivity contribution in [2.75, 3.05) is 11.9 Å². The SMILES string of the molecule is C=C(Br)CNc1c(Cl)cnn(CC2CC2)c1=O. The second-order valence-electron chi connectivity index (χ2n) is 4.17. The highest BCUT2D eigenvalue weighted by atomic mass is 79.9. The minimum Gasteiger partial charge on any atom is -0.375 e. The Hall–Kier alpha value is -0.810. The Morgan fingerprint density at radius 1 is 1.71 bits per heavy atom. The third-order valence-corrected chi connectivity index (χ3v) is 3.15. The molecule has 1 heterocycles. The summed E-state index contributed by atoms with van der Waals surface area (Å²) < 4.78 is 2.24. The molecule has 0 spiro atoms. The van der Waals surface area contributed by atoms with Crippen molar-refractivity contribution < 1.29 is 0 Å². The van der Waals surface area contributed by atoms with Crippen molar-refractivity contribution in [3.05, 3.63) is 32.6 Å². The molecule has 0 unspecified atom stereocenters. The van der Waals surface area contributed by atoms with E-state index in [-0.39, 0.29) is 5.56 Å². The molecule has 0 aliphatic heterocycles. The summed E-state index contributed by atoms with van der Waals surface area (Å²) in [7, 11) is 0.